The summed E-state index contributed by atoms with van der Waals surface area (Å²) >= 11 is 0. The Morgan fingerprint density at radius 2 is 2.15 bits per heavy atom. The first-order chi connectivity index (χ1) is 9.56. The van der Waals surface area contributed by atoms with Gasteiger partial charge in [0.05, 0.1) is 18.8 Å². The van der Waals surface area contributed by atoms with Gasteiger partial charge < -0.3 is 24.8 Å². The number of rotatable bonds is 2. The van der Waals surface area contributed by atoms with Gasteiger partial charge in [0.15, 0.2) is 0 Å². The Kier molecular flexibility index (Phi) is 3.56. The van der Waals surface area contributed by atoms with Crippen molar-refractivity contribution in [3.05, 3.63) is 34.9 Å². The highest BCUT2D eigenvalue weighted by atomic mass is 16.7. The highest BCUT2D eigenvalue weighted by molar-refractivity contribution is 5.38. The first-order valence-electron chi connectivity index (χ1n) is 6.95. The van der Waals surface area contributed by atoms with Crippen LogP contribution in [0.2, 0.25) is 0 Å². The minimum Gasteiger partial charge on any atom is -0.396 e. The van der Waals surface area contributed by atoms with E-state index in [9.17, 15) is 10.2 Å². The summed E-state index contributed by atoms with van der Waals surface area (Å²) in [7, 11) is 0. The Balaban J connectivity index is 1.99. The van der Waals surface area contributed by atoms with Gasteiger partial charge in [-0.05, 0) is 18.9 Å². The van der Waals surface area contributed by atoms with Crippen molar-refractivity contribution in [3.8, 4) is 0 Å². The summed E-state index contributed by atoms with van der Waals surface area (Å²) in [4.78, 5) is 0. The van der Waals surface area contributed by atoms with E-state index in [1.165, 1.54) is 0 Å². The van der Waals surface area contributed by atoms with Crippen molar-refractivity contribution in [1.29, 1.82) is 0 Å². The summed E-state index contributed by atoms with van der Waals surface area (Å²) in [6.45, 7) is 2.32. The lowest BCUT2D eigenvalue weighted by molar-refractivity contribution is -0.345. The molecule has 0 saturated carbocycles. The second-order valence-corrected chi connectivity index (χ2v) is 5.62. The van der Waals surface area contributed by atoms with Gasteiger partial charge in [-0.2, -0.15) is 0 Å². The van der Waals surface area contributed by atoms with E-state index in [0.29, 0.717) is 19.4 Å². The third-order valence-corrected chi connectivity index (χ3v) is 4.13. The Labute approximate surface area is 117 Å². The minimum atomic E-state index is -1.31. The molecule has 1 saturated heterocycles. The highest BCUT2D eigenvalue weighted by Crippen LogP contribution is 2.46. The SMILES string of the molecule is Cc1ccc2c(c1)CO[C@]21O[C@H](CCO)C[C@H](O)[C@H]1O. The van der Waals surface area contributed by atoms with E-state index < -0.39 is 18.0 Å². The van der Waals surface area contributed by atoms with Gasteiger partial charge in [-0.3, -0.25) is 0 Å². The number of aliphatic hydroxyl groups excluding tert-OH is 3. The molecule has 1 spiro atoms. The average molecular weight is 280 g/mol. The molecule has 3 rings (SSSR count). The van der Waals surface area contributed by atoms with Gasteiger partial charge in [-0.25, -0.2) is 0 Å². The summed E-state index contributed by atoms with van der Waals surface area (Å²) in [5.74, 6) is -1.31. The molecule has 5 heteroatoms. The molecule has 110 valence electrons. The van der Waals surface area contributed by atoms with E-state index >= 15 is 0 Å². The van der Waals surface area contributed by atoms with Crippen molar-refractivity contribution in [3.63, 3.8) is 0 Å². The molecule has 5 nitrogen and oxygen atoms in total. The lowest BCUT2D eigenvalue weighted by atomic mass is 9.88. The van der Waals surface area contributed by atoms with Gasteiger partial charge in [-0.15, -0.1) is 0 Å². The van der Waals surface area contributed by atoms with Crippen molar-refractivity contribution in [2.45, 2.75) is 50.5 Å². The molecule has 2 aliphatic heterocycles. The fourth-order valence-electron chi connectivity index (χ4n) is 3.12. The molecule has 0 aliphatic carbocycles. The lowest BCUT2D eigenvalue weighted by Gasteiger charge is -2.44. The fraction of sp³-hybridized carbons (Fsp3) is 0.600. The van der Waals surface area contributed by atoms with Gasteiger partial charge in [0.25, 0.3) is 0 Å². The largest absolute Gasteiger partial charge is 0.396 e. The third-order valence-electron chi connectivity index (χ3n) is 4.13. The van der Waals surface area contributed by atoms with Gasteiger partial charge in [0.2, 0.25) is 5.79 Å². The number of aliphatic hydroxyl groups is 3. The Hall–Kier alpha value is -0.980. The first kappa shape index (κ1) is 14.0. The maximum absolute atomic E-state index is 10.4. The smallest absolute Gasteiger partial charge is 0.225 e. The second-order valence-electron chi connectivity index (χ2n) is 5.62. The van der Waals surface area contributed by atoms with Crippen LogP contribution in [0, 0.1) is 6.92 Å². The molecule has 2 heterocycles. The van der Waals surface area contributed by atoms with Gasteiger partial charge in [0.1, 0.15) is 6.10 Å². The van der Waals surface area contributed by atoms with Crippen molar-refractivity contribution >= 4 is 0 Å². The zero-order valence-corrected chi connectivity index (χ0v) is 11.5. The standard InChI is InChI=1S/C15H20O5/c1-9-2-3-12-10(6-9)8-19-15(12)14(18)13(17)7-11(20-15)4-5-16/h2-3,6,11,13-14,16-18H,4-5,7-8H2,1H3/t11-,13+,14-,15+/m1/s1. The Morgan fingerprint density at radius 1 is 1.35 bits per heavy atom. The summed E-state index contributed by atoms with van der Waals surface area (Å²) in [6, 6.07) is 5.82. The lowest BCUT2D eigenvalue weighted by Crippen LogP contribution is -2.55. The predicted molar refractivity (Wildman–Crippen MR) is 70.9 cm³/mol. The molecule has 1 fully saturated rings. The first-order valence-corrected chi connectivity index (χ1v) is 6.95. The van der Waals surface area contributed by atoms with Gasteiger partial charge in [0, 0.05) is 18.6 Å². The zero-order valence-electron chi connectivity index (χ0n) is 11.5. The topological polar surface area (TPSA) is 79.2 Å². The molecule has 3 N–H and O–H groups in total. The zero-order chi connectivity index (χ0) is 14.3. The van der Waals surface area contributed by atoms with E-state index in [0.717, 1.165) is 16.7 Å². The molecule has 4 atom stereocenters. The van der Waals surface area contributed by atoms with Crippen molar-refractivity contribution in [1.82, 2.24) is 0 Å². The maximum Gasteiger partial charge on any atom is 0.225 e. The van der Waals surface area contributed by atoms with Crippen LogP contribution in [0.3, 0.4) is 0 Å². The second kappa shape index (κ2) is 5.09. The monoisotopic (exact) mass is 280 g/mol. The number of hydrogen-bond donors (Lipinski definition) is 3. The number of hydrogen-bond acceptors (Lipinski definition) is 5. The average Bonchev–Trinajstić information content (AvgIpc) is 2.75. The van der Waals surface area contributed by atoms with Crippen LogP contribution in [0.25, 0.3) is 0 Å². The summed E-state index contributed by atoms with van der Waals surface area (Å²) < 4.78 is 11.7. The van der Waals surface area contributed by atoms with E-state index in [4.69, 9.17) is 14.6 Å². The maximum atomic E-state index is 10.4. The minimum absolute atomic E-state index is 0.0235. The summed E-state index contributed by atoms with van der Waals surface area (Å²) in [5.41, 5.74) is 2.86. The highest BCUT2D eigenvalue weighted by Gasteiger charge is 2.54. The van der Waals surface area contributed by atoms with E-state index in [1.807, 2.05) is 25.1 Å². The van der Waals surface area contributed by atoms with Crippen LogP contribution < -0.4 is 0 Å². The fourth-order valence-corrected chi connectivity index (χ4v) is 3.12. The number of fused-ring (bicyclic) bond motifs is 2. The molecule has 0 amide bonds. The van der Waals surface area contributed by atoms with Crippen LogP contribution in [0.1, 0.15) is 29.5 Å². The summed E-state index contributed by atoms with van der Waals surface area (Å²) in [6.07, 6.45) is -1.66. The molecule has 0 unspecified atom stereocenters. The molecule has 2 aliphatic rings. The molecular weight excluding hydrogens is 260 g/mol. The number of benzene rings is 1. The van der Waals surface area contributed by atoms with Crippen LogP contribution >= 0.6 is 0 Å². The quantitative estimate of drug-likeness (QED) is 0.738. The van der Waals surface area contributed by atoms with Crippen LogP contribution in [0.15, 0.2) is 18.2 Å². The Bertz CT molecular complexity index is 503. The van der Waals surface area contributed by atoms with Crippen molar-refractivity contribution < 1.29 is 24.8 Å². The molecule has 1 aromatic rings. The van der Waals surface area contributed by atoms with Gasteiger partial charge >= 0.3 is 0 Å². The van der Waals surface area contributed by atoms with Crippen LogP contribution in [0.5, 0.6) is 0 Å². The third kappa shape index (κ3) is 2.06. The predicted octanol–water partition coefficient (Wildman–Crippen LogP) is 0.571. The normalized spacial score (nSPS) is 36.3. The number of aryl methyl sites for hydroxylation is 1. The van der Waals surface area contributed by atoms with Crippen molar-refractivity contribution in [2.24, 2.45) is 0 Å². The molecular formula is C15H20O5. The van der Waals surface area contributed by atoms with E-state index in [-0.39, 0.29) is 12.7 Å². The molecule has 20 heavy (non-hydrogen) atoms. The van der Waals surface area contributed by atoms with E-state index in [2.05, 4.69) is 0 Å². The number of ether oxygens (including phenoxy) is 2. The molecule has 0 aromatic heterocycles. The van der Waals surface area contributed by atoms with Crippen LogP contribution in [-0.4, -0.2) is 40.2 Å². The van der Waals surface area contributed by atoms with Crippen LogP contribution in [-0.2, 0) is 21.9 Å². The van der Waals surface area contributed by atoms with Crippen molar-refractivity contribution in [2.75, 3.05) is 6.61 Å². The Morgan fingerprint density at radius 3 is 2.90 bits per heavy atom. The van der Waals surface area contributed by atoms with E-state index in [1.54, 1.807) is 0 Å². The summed E-state index contributed by atoms with van der Waals surface area (Å²) in [5, 5.41) is 29.5. The van der Waals surface area contributed by atoms with Gasteiger partial charge in [-0.1, -0.05) is 23.8 Å². The molecule has 0 bridgehead atoms. The molecule has 1 aromatic carbocycles. The molecule has 0 radical (unpaired) electrons. The van der Waals surface area contributed by atoms with Crippen LogP contribution in [0.4, 0.5) is 0 Å².